The highest BCUT2D eigenvalue weighted by Crippen LogP contribution is 2.19. The SMILES string of the molecule is CN(CCCCCO)c1cc(N)cc(F)c1. The van der Waals surface area contributed by atoms with Crippen LogP contribution in [-0.2, 0) is 0 Å². The van der Waals surface area contributed by atoms with Crippen LogP contribution in [0.1, 0.15) is 19.3 Å². The fourth-order valence-corrected chi connectivity index (χ4v) is 1.58. The number of nitrogens with zero attached hydrogens (tertiary/aromatic N) is 1. The van der Waals surface area contributed by atoms with Crippen LogP contribution in [0.15, 0.2) is 18.2 Å². The predicted octanol–water partition coefficient (Wildman–Crippen LogP) is 2.01. The van der Waals surface area contributed by atoms with Gasteiger partial charge < -0.3 is 15.7 Å². The molecule has 3 N–H and O–H groups in total. The highest BCUT2D eigenvalue weighted by Gasteiger charge is 2.03. The maximum absolute atomic E-state index is 13.1. The predicted molar refractivity (Wildman–Crippen MR) is 65.0 cm³/mol. The van der Waals surface area contributed by atoms with E-state index in [0.717, 1.165) is 31.5 Å². The minimum atomic E-state index is -0.308. The number of nitrogen functional groups attached to an aromatic ring is 1. The molecule has 0 atom stereocenters. The molecule has 0 aromatic heterocycles. The molecule has 0 unspecified atom stereocenters. The van der Waals surface area contributed by atoms with Gasteiger partial charge in [-0.05, 0) is 37.5 Å². The zero-order valence-electron chi connectivity index (χ0n) is 9.62. The van der Waals surface area contributed by atoms with Gasteiger partial charge in [-0.1, -0.05) is 0 Å². The van der Waals surface area contributed by atoms with E-state index in [1.54, 1.807) is 6.07 Å². The summed E-state index contributed by atoms with van der Waals surface area (Å²) in [6, 6.07) is 4.54. The second kappa shape index (κ2) is 6.33. The van der Waals surface area contributed by atoms with E-state index in [9.17, 15) is 4.39 Å². The molecular formula is C12H19FN2O. The van der Waals surface area contributed by atoms with E-state index in [2.05, 4.69) is 0 Å². The molecule has 4 heteroatoms. The maximum atomic E-state index is 13.1. The summed E-state index contributed by atoms with van der Waals surface area (Å²) in [4.78, 5) is 1.97. The third kappa shape index (κ3) is 4.06. The van der Waals surface area contributed by atoms with E-state index in [4.69, 9.17) is 10.8 Å². The highest BCUT2D eigenvalue weighted by molar-refractivity contribution is 5.55. The Kier molecular flexibility index (Phi) is 5.05. The van der Waals surface area contributed by atoms with Crippen LogP contribution in [0.5, 0.6) is 0 Å². The molecule has 0 aliphatic heterocycles. The van der Waals surface area contributed by atoms with E-state index in [1.807, 2.05) is 11.9 Å². The van der Waals surface area contributed by atoms with E-state index < -0.39 is 0 Å². The van der Waals surface area contributed by atoms with E-state index >= 15 is 0 Å². The van der Waals surface area contributed by atoms with Gasteiger partial charge in [-0.25, -0.2) is 4.39 Å². The maximum Gasteiger partial charge on any atom is 0.127 e. The molecular weight excluding hydrogens is 207 g/mol. The Morgan fingerprint density at radius 3 is 2.62 bits per heavy atom. The Morgan fingerprint density at radius 2 is 2.00 bits per heavy atom. The average molecular weight is 226 g/mol. The third-order valence-corrected chi connectivity index (χ3v) is 2.50. The van der Waals surface area contributed by atoms with Gasteiger partial charge in [-0.2, -0.15) is 0 Å². The van der Waals surface area contributed by atoms with Crippen molar-refractivity contribution in [3.63, 3.8) is 0 Å². The van der Waals surface area contributed by atoms with Crippen molar-refractivity contribution in [2.45, 2.75) is 19.3 Å². The molecule has 90 valence electrons. The Labute approximate surface area is 95.7 Å². The molecule has 1 rings (SSSR count). The zero-order valence-corrected chi connectivity index (χ0v) is 9.62. The number of hydrogen-bond acceptors (Lipinski definition) is 3. The molecule has 0 radical (unpaired) electrons. The second-order valence-corrected chi connectivity index (χ2v) is 3.95. The smallest absolute Gasteiger partial charge is 0.127 e. The molecule has 0 heterocycles. The fourth-order valence-electron chi connectivity index (χ4n) is 1.58. The van der Waals surface area contributed by atoms with Gasteiger partial charge in [0.1, 0.15) is 5.82 Å². The summed E-state index contributed by atoms with van der Waals surface area (Å²) in [7, 11) is 1.91. The number of aliphatic hydroxyl groups excluding tert-OH is 1. The van der Waals surface area contributed by atoms with Gasteiger partial charge in [0.2, 0.25) is 0 Å². The number of hydrogen-bond donors (Lipinski definition) is 2. The van der Waals surface area contributed by atoms with Gasteiger partial charge in [0.25, 0.3) is 0 Å². The Balaban J connectivity index is 2.48. The van der Waals surface area contributed by atoms with Crippen LogP contribution in [-0.4, -0.2) is 25.3 Å². The van der Waals surface area contributed by atoms with Gasteiger partial charge in [-0.15, -0.1) is 0 Å². The third-order valence-electron chi connectivity index (χ3n) is 2.50. The zero-order chi connectivity index (χ0) is 12.0. The normalized spacial score (nSPS) is 10.4. The number of nitrogens with two attached hydrogens (primary N) is 1. The molecule has 1 aromatic carbocycles. The van der Waals surface area contributed by atoms with Gasteiger partial charge >= 0.3 is 0 Å². The lowest BCUT2D eigenvalue weighted by Gasteiger charge is -2.19. The van der Waals surface area contributed by atoms with E-state index in [0.29, 0.717) is 5.69 Å². The van der Waals surface area contributed by atoms with Crippen molar-refractivity contribution in [2.24, 2.45) is 0 Å². The van der Waals surface area contributed by atoms with Crippen molar-refractivity contribution in [1.29, 1.82) is 0 Å². The summed E-state index contributed by atoms with van der Waals surface area (Å²) in [5, 5.41) is 8.64. The van der Waals surface area contributed by atoms with Crippen LogP contribution in [0.25, 0.3) is 0 Å². The van der Waals surface area contributed by atoms with Gasteiger partial charge in [0.15, 0.2) is 0 Å². The van der Waals surface area contributed by atoms with Crippen LogP contribution >= 0.6 is 0 Å². The van der Waals surface area contributed by atoms with Crippen LogP contribution in [0.3, 0.4) is 0 Å². The van der Waals surface area contributed by atoms with Crippen molar-refractivity contribution in [3.8, 4) is 0 Å². The molecule has 0 saturated heterocycles. The molecule has 3 nitrogen and oxygen atoms in total. The highest BCUT2D eigenvalue weighted by atomic mass is 19.1. The largest absolute Gasteiger partial charge is 0.399 e. The van der Waals surface area contributed by atoms with Gasteiger partial charge in [0, 0.05) is 31.6 Å². The molecule has 0 aliphatic carbocycles. The summed E-state index contributed by atoms with van der Waals surface area (Å²) < 4.78 is 13.1. The molecule has 0 fully saturated rings. The number of halogens is 1. The van der Waals surface area contributed by atoms with Crippen molar-refractivity contribution < 1.29 is 9.50 Å². The Hall–Kier alpha value is -1.29. The summed E-state index contributed by atoms with van der Waals surface area (Å²) in [6.07, 6.45) is 2.78. The van der Waals surface area contributed by atoms with Gasteiger partial charge in [0.05, 0.1) is 0 Å². The van der Waals surface area contributed by atoms with E-state index in [1.165, 1.54) is 12.1 Å². The summed E-state index contributed by atoms with van der Waals surface area (Å²) in [5.41, 5.74) is 6.81. The first-order valence-electron chi connectivity index (χ1n) is 5.51. The molecule has 0 aliphatic rings. The second-order valence-electron chi connectivity index (χ2n) is 3.95. The standard InChI is InChI=1S/C12H19FN2O/c1-15(5-3-2-4-6-16)12-8-10(13)7-11(14)9-12/h7-9,16H,2-6,14H2,1H3. The summed E-state index contributed by atoms with van der Waals surface area (Å²) in [6.45, 7) is 1.07. The van der Waals surface area contributed by atoms with Crippen LogP contribution in [0.4, 0.5) is 15.8 Å². The van der Waals surface area contributed by atoms with Crippen LogP contribution in [0.2, 0.25) is 0 Å². The number of rotatable bonds is 6. The first kappa shape index (κ1) is 12.8. The number of unbranched alkanes of at least 4 members (excludes halogenated alkanes) is 2. The topological polar surface area (TPSA) is 49.5 Å². The molecule has 16 heavy (non-hydrogen) atoms. The molecule has 1 aromatic rings. The number of aliphatic hydroxyl groups is 1. The monoisotopic (exact) mass is 226 g/mol. The Morgan fingerprint density at radius 1 is 1.25 bits per heavy atom. The first-order valence-corrected chi connectivity index (χ1v) is 5.51. The number of anilines is 2. The van der Waals surface area contributed by atoms with Crippen LogP contribution in [0, 0.1) is 5.82 Å². The van der Waals surface area contributed by atoms with Crippen molar-refractivity contribution in [1.82, 2.24) is 0 Å². The average Bonchev–Trinajstić information content (AvgIpc) is 2.22. The quantitative estimate of drug-likeness (QED) is 0.576. The molecule has 0 spiro atoms. The van der Waals surface area contributed by atoms with Crippen LogP contribution < -0.4 is 10.6 Å². The minimum Gasteiger partial charge on any atom is -0.399 e. The van der Waals surface area contributed by atoms with Crippen molar-refractivity contribution in [3.05, 3.63) is 24.0 Å². The lowest BCUT2D eigenvalue weighted by Crippen LogP contribution is -2.18. The molecule has 0 saturated carbocycles. The lowest BCUT2D eigenvalue weighted by atomic mass is 10.2. The summed E-state index contributed by atoms with van der Waals surface area (Å²) >= 11 is 0. The van der Waals surface area contributed by atoms with Crippen molar-refractivity contribution in [2.75, 3.05) is 30.8 Å². The fraction of sp³-hybridized carbons (Fsp3) is 0.500. The first-order chi connectivity index (χ1) is 7.63. The Bertz CT molecular complexity index is 311. The minimum absolute atomic E-state index is 0.233. The molecule has 0 amide bonds. The van der Waals surface area contributed by atoms with Gasteiger partial charge in [-0.3, -0.25) is 0 Å². The lowest BCUT2D eigenvalue weighted by molar-refractivity contribution is 0.283. The summed E-state index contributed by atoms with van der Waals surface area (Å²) in [5.74, 6) is -0.308. The van der Waals surface area contributed by atoms with E-state index in [-0.39, 0.29) is 12.4 Å². The van der Waals surface area contributed by atoms with Crippen molar-refractivity contribution >= 4 is 11.4 Å². The molecule has 0 bridgehead atoms. The number of benzene rings is 1.